The highest BCUT2D eigenvalue weighted by molar-refractivity contribution is 5.56. The molecule has 1 saturated heterocycles. The molecule has 2 atom stereocenters. The van der Waals surface area contributed by atoms with Crippen molar-refractivity contribution in [3.8, 4) is 0 Å². The molecule has 1 aromatic carbocycles. The lowest BCUT2D eigenvalue weighted by atomic mass is 10.0. The number of benzene rings is 1. The van der Waals surface area contributed by atoms with Gasteiger partial charge in [0.15, 0.2) is 0 Å². The van der Waals surface area contributed by atoms with E-state index < -0.39 is 0 Å². The van der Waals surface area contributed by atoms with Crippen molar-refractivity contribution < 1.29 is 4.74 Å². The molecule has 0 bridgehead atoms. The van der Waals surface area contributed by atoms with Gasteiger partial charge in [0.25, 0.3) is 0 Å². The fourth-order valence-corrected chi connectivity index (χ4v) is 3.52. The summed E-state index contributed by atoms with van der Waals surface area (Å²) in [7, 11) is 0. The Bertz CT molecular complexity index is 429. The average Bonchev–Trinajstić information content (AvgIpc) is 2.92. The van der Waals surface area contributed by atoms with Crippen LogP contribution < -0.4 is 10.2 Å². The second kappa shape index (κ2) is 6.59. The maximum absolute atomic E-state index is 5.54. The summed E-state index contributed by atoms with van der Waals surface area (Å²) >= 11 is 0. The van der Waals surface area contributed by atoms with Gasteiger partial charge in [0.2, 0.25) is 0 Å². The number of anilines is 1. The van der Waals surface area contributed by atoms with Crippen LogP contribution >= 0.6 is 0 Å². The zero-order valence-electron chi connectivity index (χ0n) is 12.5. The normalized spacial score (nSPS) is 26.4. The van der Waals surface area contributed by atoms with Gasteiger partial charge in [-0.25, -0.2) is 0 Å². The van der Waals surface area contributed by atoms with Crippen molar-refractivity contribution >= 4 is 5.69 Å². The third-order valence-corrected chi connectivity index (χ3v) is 4.53. The van der Waals surface area contributed by atoms with Crippen LogP contribution in [0.1, 0.15) is 37.8 Å². The zero-order valence-corrected chi connectivity index (χ0v) is 12.5. The Morgan fingerprint density at radius 3 is 3.00 bits per heavy atom. The summed E-state index contributed by atoms with van der Waals surface area (Å²) in [5.74, 6) is 0.707. The molecule has 0 radical (unpaired) electrons. The highest BCUT2D eigenvalue weighted by atomic mass is 16.5. The van der Waals surface area contributed by atoms with Crippen molar-refractivity contribution in [3.05, 3.63) is 29.8 Å². The number of fused-ring (bicyclic) bond motifs is 1. The molecular weight excluding hydrogens is 248 g/mol. The first kappa shape index (κ1) is 13.9. The van der Waals surface area contributed by atoms with Gasteiger partial charge in [-0.2, -0.15) is 0 Å². The van der Waals surface area contributed by atoms with Crippen molar-refractivity contribution in [2.45, 2.75) is 32.2 Å². The van der Waals surface area contributed by atoms with E-state index in [1.54, 1.807) is 0 Å². The minimum atomic E-state index is 0.515. The number of para-hydroxylation sites is 1. The molecular formula is C17H26N2O. The van der Waals surface area contributed by atoms with E-state index in [1.807, 2.05) is 0 Å². The molecule has 3 rings (SSSR count). The Morgan fingerprint density at radius 2 is 2.20 bits per heavy atom. The molecule has 110 valence electrons. The number of nitrogens with one attached hydrogen (secondary N) is 1. The van der Waals surface area contributed by atoms with Crippen molar-refractivity contribution in [3.63, 3.8) is 0 Å². The van der Waals surface area contributed by atoms with Crippen LogP contribution in [-0.4, -0.2) is 32.8 Å². The molecule has 0 spiro atoms. The van der Waals surface area contributed by atoms with E-state index in [9.17, 15) is 0 Å². The van der Waals surface area contributed by atoms with E-state index in [1.165, 1.54) is 37.1 Å². The molecule has 0 aliphatic carbocycles. The number of hydrogen-bond donors (Lipinski definition) is 1. The van der Waals surface area contributed by atoms with Gasteiger partial charge >= 0.3 is 0 Å². The molecule has 0 aromatic heterocycles. The lowest BCUT2D eigenvalue weighted by molar-refractivity contribution is 0.186. The molecule has 1 aromatic rings. The highest BCUT2D eigenvalue weighted by Gasteiger charge is 2.25. The first-order chi connectivity index (χ1) is 9.88. The molecule has 2 heterocycles. The molecule has 2 aliphatic heterocycles. The van der Waals surface area contributed by atoms with Crippen molar-refractivity contribution in [2.24, 2.45) is 5.92 Å². The van der Waals surface area contributed by atoms with Crippen molar-refractivity contribution in [1.29, 1.82) is 0 Å². The third kappa shape index (κ3) is 2.99. The second-order valence-corrected chi connectivity index (χ2v) is 5.99. The largest absolute Gasteiger partial charge is 0.381 e. The number of ether oxygens (including phenoxy) is 1. The van der Waals surface area contributed by atoms with E-state index in [4.69, 9.17) is 4.74 Å². The van der Waals surface area contributed by atoms with Crippen molar-refractivity contribution in [1.82, 2.24) is 5.32 Å². The van der Waals surface area contributed by atoms with Gasteiger partial charge in [-0.05, 0) is 37.4 Å². The monoisotopic (exact) mass is 274 g/mol. The summed E-state index contributed by atoms with van der Waals surface area (Å²) in [6, 6.07) is 9.45. The summed E-state index contributed by atoms with van der Waals surface area (Å²) in [5.41, 5.74) is 2.91. The van der Waals surface area contributed by atoms with Crippen LogP contribution in [0, 0.1) is 5.92 Å². The van der Waals surface area contributed by atoms with Crippen LogP contribution in [0.2, 0.25) is 0 Å². The van der Waals surface area contributed by atoms with Crippen LogP contribution in [0.3, 0.4) is 0 Å². The molecule has 3 heteroatoms. The van der Waals surface area contributed by atoms with Crippen LogP contribution in [-0.2, 0) is 4.74 Å². The van der Waals surface area contributed by atoms with E-state index in [0.29, 0.717) is 12.0 Å². The van der Waals surface area contributed by atoms with Crippen molar-refractivity contribution in [2.75, 3.05) is 37.7 Å². The third-order valence-electron chi connectivity index (χ3n) is 4.53. The quantitative estimate of drug-likeness (QED) is 0.913. The molecule has 1 fully saturated rings. The summed E-state index contributed by atoms with van der Waals surface area (Å²) in [4.78, 5) is 2.59. The van der Waals surface area contributed by atoms with E-state index in [-0.39, 0.29) is 0 Å². The maximum atomic E-state index is 5.54. The number of rotatable bonds is 4. The van der Waals surface area contributed by atoms with Crippen LogP contribution in [0.5, 0.6) is 0 Å². The zero-order chi connectivity index (χ0) is 13.8. The molecule has 0 saturated carbocycles. The lowest BCUT2D eigenvalue weighted by Gasteiger charge is -2.28. The van der Waals surface area contributed by atoms with Gasteiger partial charge in [-0.3, -0.25) is 0 Å². The van der Waals surface area contributed by atoms with Gasteiger partial charge in [-0.15, -0.1) is 0 Å². The molecule has 0 amide bonds. The van der Waals surface area contributed by atoms with Crippen LogP contribution in [0.25, 0.3) is 0 Å². The van der Waals surface area contributed by atoms with E-state index in [2.05, 4.69) is 41.4 Å². The Kier molecular flexibility index (Phi) is 4.58. The first-order valence-electron chi connectivity index (χ1n) is 8.03. The SMILES string of the molecule is CCNC1CCCN(CC2CCOC2)c2ccccc21. The first-order valence-corrected chi connectivity index (χ1v) is 8.03. The fraction of sp³-hybridized carbons (Fsp3) is 0.647. The smallest absolute Gasteiger partial charge is 0.0512 e. The van der Waals surface area contributed by atoms with Gasteiger partial charge in [0, 0.05) is 37.3 Å². The maximum Gasteiger partial charge on any atom is 0.0512 e. The van der Waals surface area contributed by atoms with Gasteiger partial charge in [0.05, 0.1) is 6.61 Å². The van der Waals surface area contributed by atoms with Crippen LogP contribution in [0.4, 0.5) is 5.69 Å². The Balaban J connectivity index is 1.81. The summed E-state index contributed by atoms with van der Waals surface area (Å²) < 4.78 is 5.54. The van der Waals surface area contributed by atoms with E-state index >= 15 is 0 Å². The average molecular weight is 274 g/mol. The molecule has 1 N–H and O–H groups in total. The fourth-order valence-electron chi connectivity index (χ4n) is 3.52. The minimum Gasteiger partial charge on any atom is -0.381 e. The molecule has 3 nitrogen and oxygen atoms in total. The predicted octanol–water partition coefficient (Wildman–Crippen LogP) is 2.97. The van der Waals surface area contributed by atoms with Gasteiger partial charge in [0.1, 0.15) is 0 Å². The molecule has 2 unspecified atom stereocenters. The number of hydrogen-bond acceptors (Lipinski definition) is 3. The van der Waals surface area contributed by atoms with Gasteiger partial charge in [-0.1, -0.05) is 25.1 Å². The van der Waals surface area contributed by atoms with E-state index in [0.717, 1.165) is 26.3 Å². The summed E-state index contributed by atoms with van der Waals surface area (Å²) in [5, 5.41) is 3.64. The standard InChI is InChI=1S/C17H26N2O/c1-2-18-16-7-5-10-19(12-14-9-11-20-13-14)17-8-4-3-6-15(16)17/h3-4,6,8,14,16,18H,2,5,7,9-13H2,1H3. The minimum absolute atomic E-state index is 0.515. The van der Waals surface area contributed by atoms with Gasteiger partial charge < -0.3 is 15.0 Å². The van der Waals surface area contributed by atoms with Crippen LogP contribution in [0.15, 0.2) is 24.3 Å². The Labute approximate surface area is 122 Å². The second-order valence-electron chi connectivity index (χ2n) is 5.99. The molecule has 20 heavy (non-hydrogen) atoms. The summed E-state index contributed by atoms with van der Waals surface area (Å²) in [6.45, 7) is 7.44. The summed E-state index contributed by atoms with van der Waals surface area (Å²) in [6.07, 6.45) is 3.72. The Morgan fingerprint density at radius 1 is 1.30 bits per heavy atom. The number of nitrogens with zero attached hydrogens (tertiary/aromatic N) is 1. The molecule has 2 aliphatic rings. The Hall–Kier alpha value is -1.06. The predicted molar refractivity (Wildman–Crippen MR) is 83.2 cm³/mol. The lowest BCUT2D eigenvalue weighted by Crippen LogP contribution is -2.30. The highest BCUT2D eigenvalue weighted by Crippen LogP contribution is 2.33. The topological polar surface area (TPSA) is 24.5 Å².